The lowest BCUT2D eigenvalue weighted by Gasteiger charge is -2.36. The maximum Gasteiger partial charge on any atom is 0.188 e. The monoisotopic (exact) mass is 277 g/mol. The highest BCUT2D eigenvalue weighted by molar-refractivity contribution is 5.95. The van der Waals surface area contributed by atoms with Gasteiger partial charge in [-0.2, -0.15) is 0 Å². The van der Waals surface area contributed by atoms with Crippen LogP contribution in [-0.2, 0) is 6.54 Å². The fourth-order valence-electron chi connectivity index (χ4n) is 2.46. The van der Waals surface area contributed by atoms with Crippen LogP contribution < -0.4 is 5.73 Å². The summed E-state index contributed by atoms with van der Waals surface area (Å²) >= 11 is 0. The van der Waals surface area contributed by atoms with Crippen molar-refractivity contribution in [1.29, 1.82) is 0 Å². The molecule has 1 aliphatic rings. The van der Waals surface area contributed by atoms with Gasteiger partial charge in [0.15, 0.2) is 5.84 Å². The van der Waals surface area contributed by atoms with E-state index < -0.39 is 0 Å². The van der Waals surface area contributed by atoms with E-state index in [0.29, 0.717) is 11.7 Å². The number of oxime groups is 1. The highest BCUT2D eigenvalue weighted by Crippen LogP contribution is 2.11. The summed E-state index contributed by atoms with van der Waals surface area (Å²) in [4.78, 5) is 9.01. The molecule has 20 heavy (non-hydrogen) atoms. The minimum Gasteiger partial charge on any atom is -0.409 e. The van der Waals surface area contributed by atoms with Crippen LogP contribution in [0.5, 0.6) is 0 Å². The fourth-order valence-corrected chi connectivity index (χ4v) is 2.46. The molecule has 110 valence electrons. The van der Waals surface area contributed by atoms with E-state index in [1.54, 1.807) is 6.20 Å². The summed E-state index contributed by atoms with van der Waals surface area (Å²) in [7, 11) is 0. The van der Waals surface area contributed by atoms with Gasteiger partial charge in [0.1, 0.15) is 5.69 Å². The smallest absolute Gasteiger partial charge is 0.188 e. The van der Waals surface area contributed by atoms with Gasteiger partial charge in [-0.25, -0.2) is 0 Å². The Labute approximate surface area is 119 Å². The molecule has 6 nitrogen and oxygen atoms in total. The van der Waals surface area contributed by atoms with E-state index in [1.807, 2.05) is 12.1 Å². The maximum atomic E-state index is 8.69. The van der Waals surface area contributed by atoms with Crippen LogP contribution in [0.1, 0.15) is 25.1 Å². The Hall–Kier alpha value is -1.66. The summed E-state index contributed by atoms with van der Waals surface area (Å²) in [5, 5.41) is 11.7. The van der Waals surface area contributed by atoms with Gasteiger partial charge in [0.2, 0.25) is 0 Å². The number of nitrogens with zero attached hydrogens (tertiary/aromatic N) is 4. The van der Waals surface area contributed by atoms with E-state index in [4.69, 9.17) is 10.9 Å². The Balaban J connectivity index is 1.94. The summed E-state index contributed by atoms with van der Waals surface area (Å²) < 4.78 is 0. The van der Waals surface area contributed by atoms with Crippen LogP contribution in [0.4, 0.5) is 0 Å². The third-order valence-corrected chi connectivity index (χ3v) is 3.74. The Morgan fingerprint density at radius 3 is 2.70 bits per heavy atom. The number of aromatic nitrogens is 1. The van der Waals surface area contributed by atoms with Crippen molar-refractivity contribution in [3.05, 3.63) is 29.6 Å². The first-order valence-electron chi connectivity index (χ1n) is 6.99. The van der Waals surface area contributed by atoms with Gasteiger partial charge < -0.3 is 10.9 Å². The van der Waals surface area contributed by atoms with E-state index in [-0.39, 0.29) is 5.84 Å². The Bertz CT molecular complexity index is 466. The van der Waals surface area contributed by atoms with Crippen LogP contribution in [0.15, 0.2) is 23.5 Å². The van der Waals surface area contributed by atoms with Gasteiger partial charge in [0.05, 0.1) is 0 Å². The zero-order chi connectivity index (χ0) is 14.5. The molecule has 0 aromatic carbocycles. The first-order chi connectivity index (χ1) is 9.60. The quantitative estimate of drug-likeness (QED) is 0.367. The Kier molecular flexibility index (Phi) is 4.92. The summed E-state index contributed by atoms with van der Waals surface area (Å²) in [5.74, 6) is 0.0523. The van der Waals surface area contributed by atoms with Gasteiger partial charge in [0.25, 0.3) is 0 Å². The van der Waals surface area contributed by atoms with Crippen molar-refractivity contribution in [3.63, 3.8) is 0 Å². The highest BCUT2D eigenvalue weighted by atomic mass is 16.4. The SMILES string of the molecule is CC(C)N1CCN(Cc2ccnc(C(N)=NO)c2)CC1. The van der Waals surface area contributed by atoms with Crippen molar-refractivity contribution < 1.29 is 5.21 Å². The van der Waals surface area contributed by atoms with E-state index in [0.717, 1.165) is 38.3 Å². The van der Waals surface area contributed by atoms with Gasteiger partial charge >= 0.3 is 0 Å². The van der Waals surface area contributed by atoms with Crippen molar-refractivity contribution in [1.82, 2.24) is 14.8 Å². The number of hydrogen-bond acceptors (Lipinski definition) is 5. The first-order valence-corrected chi connectivity index (χ1v) is 6.99. The molecule has 0 aliphatic carbocycles. The molecule has 1 saturated heterocycles. The highest BCUT2D eigenvalue weighted by Gasteiger charge is 2.18. The zero-order valence-corrected chi connectivity index (χ0v) is 12.2. The van der Waals surface area contributed by atoms with Crippen molar-refractivity contribution in [2.45, 2.75) is 26.4 Å². The summed E-state index contributed by atoms with van der Waals surface area (Å²) in [6.45, 7) is 9.70. The molecule has 0 radical (unpaired) electrons. The first kappa shape index (κ1) is 14.7. The lowest BCUT2D eigenvalue weighted by atomic mass is 10.2. The molecule has 2 rings (SSSR count). The molecule has 0 amide bonds. The van der Waals surface area contributed by atoms with Gasteiger partial charge in [0, 0.05) is 45.0 Å². The van der Waals surface area contributed by atoms with Crippen LogP contribution in [-0.4, -0.2) is 58.0 Å². The number of hydrogen-bond donors (Lipinski definition) is 2. The van der Waals surface area contributed by atoms with Crippen LogP contribution in [0.25, 0.3) is 0 Å². The number of rotatable bonds is 4. The predicted molar refractivity (Wildman–Crippen MR) is 78.7 cm³/mol. The number of amidine groups is 1. The minimum absolute atomic E-state index is 0.0523. The van der Waals surface area contributed by atoms with Gasteiger partial charge in [-0.05, 0) is 31.5 Å². The van der Waals surface area contributed by atoms with E-state index in [2.05, 4.69) is 33.8 Å². The molecule has 1 aromatic heterocycles. The molecule has 0 unspecified atom stereocenters. The van der Waals surface area contributed by atoms with Crippen molar-refractivity contribution in [2.75, 3.05) is 26.2 Å². The third-order valence-electron chi connectivity index (χ3n) is 3.74. The average molecular weight is 277 g/mol. The molecule has 0 atom stereocenters. The predicted octanol–water partition coefficient (Wildman–Crippen LogP) is 0.702. The fraction of sp³-hybridized carbons (Fsp3) is 0.571. The molecule has 1 fully saturated rings. The second-order valence-electron chi connectivity index (χ2n) is 5.44. The number of nitrogens with two attached hydrogens (primary N) is 1. The lowest BCUT2D eigenvalue weighted by Crippen LogP contribution is -2.48. The maximum absolute atomic E-state index is 8.69. The van der Waals surface area contributed by atoms with Crippen LogP contribution in [0.2, 0.25) is 0 Å². The standard InChI is InChI=1S/C14H23N5O/c1-11(2)19-7-5-18(6-8-19)10-12-3-4-16-13(9-12)14(15)17-20/h3-4,9,11,20H,5-8,10H2,1-2H3,(H2,15,17). The second kappa shape index (κ2) is 6.67. The molecule has 0 spiro atoms. The molecular formula is C14H23N5O. The zero-order valence-electron chi connectivity index (χ0n) is 12.2. The lowest BCUT2D eigenvalue weighted by molar-refractivity contribution is 0.104. The Morgan fingerprint density at radius 1 is 1.40 bits per heavy atom. The van der Waals surface area contributed by atoms with Crippen molar-refractivity contribution >= 4 is 5.84 Å². The van der Waals surface area contributed by atoms with Crippen LogP contribution in [0, 0.1) is 0 Å². The largest absolute Gasteiger partial charge is 0.409 e. The van der Waals surface area contributed by atoms with E-state index in [1.165, 1.54) is 0 Å². The van der Waals surface area contributed by atoms with E-state index in [9.17, 15) is 0 Å². The molecule has 0 saturated carbocycles. The second-order valence-corrected chi connectivity index (χ2v) is 5.44. The molecule has 3 N–H and O–H groups in total. The molecule has 0 bridgehead atoms. The van der Waals surface area contributed by atoms with Gasteiger partial charge in [-0.3, -0.25) is 14.8 Å². The van der Waals surface area contributed by atoms with Crippen molar-refractivity contribution in [3.8, 4) is 0 Å². The average Bonchev–Trinajstić information content (AvgIpc) is 2.47. The molecule has 1 aliphatic heterocycles. The third kappa shape index (κ3) is 3.68. The minimum atomic E-state index is 0.0523. The molecule has 1 aromatic rings. The normalized spacial score (nSPS) is 18.6. The summed E-state index contributed by atoms with van der Waals surface area (Å²) in [5.41, 5.74) is 7.22. The summed E-state index contributed by atoms with van der Waals surface area (Å²) in [6.07, 6.45) is 1.70. The molecule has 6 heteroatoms. The van der Waals surface area contributed by atoms with E-state index >= 15 is 0 Å². The van der Waals surface area contributed by atoms with Crippen LogP contribution >= 0.6 is 0 Å². The summed E-state index contributed by atoms with van der Waals surface area (Å²) in [6, 6.07) is 4.47. The topological polar surface area (TPSA) is 78.0 Å². The number of pyridine rings is 1. The molecule has 2 heterocycles. The van der Waals surface area contributed by atoms with Crippen molar-refractivity contribution in [2.24, 2.45) is 10.9 Å². The van der Waals surface area contributed by atoms with Crippen LogP contribution in [0.3, 0.4) is 0 Å². The van der Waals surface area contributed by atoms with Gasteiger partial charge in [-0.1, -0.05) is 5.16 Å². The van der Waals surface area contributed by atoms with Gasteiger partial charge in [-0.15, -0.1) is 0 Å². The number of piperazine rings is 1. The Morgan fingerprint density at radius 2 is 2.10 bits per heavy atom. The molecular weight excluding hydrogens is 254 g/mol.